The summed E-state index contributed by atoms with van der Waals surface area (Å²) in [5.74, 6) is -0.377. The van der Waals surface area contributed by atoms with Crippen molar-refractivity contribution in [1.82, 2.24) is 0 Å². The van der Waals surface area contributed by atoms with Crippen LogP contribution in [0.5, 0.6) is 5.75 Å². The van der Waals surface area contributed by atoms with Crippen molar-refractivity contribution in [3.63, 3.8) is 0 Å². The van der Waals surface area contributed by atoms with E-state index < -0.39 is 5.82 Å². The first-order chi connectivity index (χ1) is 5.75. The van der Waals surface area contributed by atoms with Gasteiger partial charge in [0.1, 0.15) is 11.6 Å². The minimum Gasteiger partial charge on any atom is -0.481 e. The minimum atomic E-state index is -0.495. The van der Waals surface area contributed by atoms with Crippen LogP contribution in [0.25, 0.3) is 0 Å². The molecule has 0 aromatic heterocycles. The van der Waals surface area contributed by atoms with Gasteiger partial charge in [0, 0.05) is 12.1 Å². The van der Waals surface area contributed by atoms with E-state index >= 15 is 0 Å². The normalized spacial score (nSPS) is 14.6. The fourth-order valence-electron chi connectivity index (χ4n) is 0.993. The van der Waals surface area contributed by atoms with Crippen molar-refractivity contribution < 1.29 is 13.9 Å². The van der Waals surface area contributed by atoms with Crippen molar-refractivity contribution in [2.24, 2.45) is 0 Å². The molecule has 3 nitrogen and oxygen atoms in total. The summed E-state index contributed by atoms with van der Waals surface area (Å²) in [4.78, 5) is 10.8. The number of benzene rings is 1. The van der Waals surface area contributed by atoms with Crippen LogP contribution in [-0.2, 0) is 4.79 Å². The van der Waals surface area contributed by atoms with Crippen LogP contribution in [0.1, 0.15) is 0 Å². The Bertz CT molecular complexity index is 338. The molecule has 0 fully saturated rings. The molecular formula is C8H5FNO2. The van der Waals surface area contributed by atoms with Gasteiger partial charge in [-0.2, -0.15) is 0 Å². The molecule has 0 unspecified atom stereocenters. The molecule has 1 amide bonds. The molecule has 0 bridgehead atoms. The second kappa shape index (κ2) is 2.48. The highest BCUT2D eigenvalue weighted by Gasteiger charge is 2.15. The molecule has 2 rings (SSSR count). The summed E-state index contributed by atoms with van der Waals surface area (Å²) in [5, 5.41) is 2.53. The molecular weight excluding hydrogens is 161 g/mol. The van der Waals surface area contributed by atoms with E-state index in [2.05, 4.69) is 11.4 Å². The molecule has 61 valence electrons. The van der Waals surface area contributed by atoms with Crippen molar-refractivity contribution in [3.8, 4) is 5.75 Å². The topological polar surface area (TPSA) is 38.3 Å². The lowest BCUT2D eigenvalue weighted by Gasteiger charge is -2.16. The van der Waals surface area contributed by atoms with Gasteiger partial charge in [0.25, 0.3) is 5.91 Å². The van der Waals surface area contributed by atoms with Crippen LogP contribution in [0.4, 0.5) is 10.1 Å². The van der Waals surface area contributed by atoms with Gasteiger partial charge in [-0.25, -0.2) is 4.39 Å². The number of carbonyl (C=O) groups excluding carboxylic acids is 1. The minimum absolute atomic E-state index is 0.0591. The molecule has 1 heterocycles. The number of hydrogen-bond donors (Lipinski definition) is 1. The van der Waals surface area contributed by atoms with Gasteiger partial charge in [0.15, 0.2) is 6.61 Å². The van der Waals surface area contributed by atoms with Crippen LogP contribution in [0, 0.1) is 11.9 Å². The van der Waals surface area contributed by atoms with Crippen LogP contribution in [0.3, 0.4) is 0 Å². The highest BCUT2D eigenvalue weighted by atomic mass is 19.1. The highest BCUT2D eigenvalue weighted by molar-refractivity contribution is 5.95. The maximum atomic E-state index is 12.5. The van der Waals surface area contributed by atoms with Crippen molar-refractivity contribution in [3.05, 3.63) is 24.0 Å². The van der Waals surface area contributed by atoms with Crippen molar-refractivity contribution in [1.29, 1.82) is 0 Å². The highest BCUT2D eigenvalue weighted by Crippen LogP contribution is 2.27. The van der Waals surface area contributed by atoms with Crippen molar-refractivity contribution in [2.75, 3.05) is 11.9 Å². The SMILES string of the molecule is O=C1COc2cc(F)[c]cc2N1. The number of hydrogen-bond acceptors (Lipinski definition) is 2. The van der Waals surface area contributed by atoms with E-state index in [-0.39, 0.29) is 12.5 Å². The summed E-state index contributed by atoms with van der Waals surface area (Å²) < 4.78 is 17.5. The number of nitrogens with one attached hydrogen (secondary N) is 1. The predicted octanol–water partition coefficient (Wildman–Crippen LogP) is 0.957. The summed E-state index contributed by atoms with van der Waals surface area (Å²) in [6.45, 7) is -0.0591. The van der Waals surface area contributed by atoms with Crippen molar-refractivity contribution >= 4 is 11.6 Å². The van der Waals surface area contributed by atoms with Gasteiger partial charge in [0.2, 0.25) is 0 Å². The molecule has 0 saturated carbocycles. The Hall–Kier alpha value is -1.58. The van der Waals surface area contributed by atoms with E-state index in [1.165, 1.54) is 12.1 Å². The average Bonchev–Trinajstić information content (AvgIpc) is 2.05. The number of amides is 1. The van der Waals surface area contributed by atoms with Gasteiger partial charge < -0.3 is 10.1 Å². The first-order valence-electron chi connectivity index (χ1n) is 3.39. The molecule has 1 aliphatic rings. The number of anilines is 1. The molecule has 0 saturated heterocycles. The van der Waals surface area contributed by atoms with E-state index in [1.54, 1.807) is 0 Å². The van der Waals surface area contributed by atoms with Crippen LogP contribution in [-0.4, -0.2) is 12.5 Å². The molecule has 0 aliphatic carbocycles. The van der Waals surface area contributed by atoms with E-state index in [4.69, 9.17) is 4.74 Å². The zero-order valence-electron chi connectivity index (χ0n) is 6.06. The Labute approximate surface area is 68.1 Å². The van der Waals surface area contributed by atoms with E-state index in [1.807, 2.05) is 0 Å². The predicted molar refractivity (Wildman–Crippen MR) is 39.4 cm³/mol. The molecule has 1 aromatic rings. The first kappa shape index (κ1) is 7.09. The zero-order chi connectivity index (χ0) is 8.55. The molecule has 0 spiro atoms. The van der Waals surface area contributed by atoms with Crippen LogP contribution < -0.4 is 10.1 Å². The third-order valence-corrected chi connectivity index (χ3v) is 1.51. The Morgan fingerprint density at radius 2 is 2.50 bits per heavy atom. The Morgan fingerprint density at radius 3 is 3.33 bits per heavy atom. The summed E-state index contributed by atoms with van der Waals surface area (Å²) in [5.41, 5.74) is 0.465. The first-order valence-corrected chi connectivity index (χ1v) is 3.39. The quantitative estimate of drug-likeness (QED) is 0.623. The smallest absolute Gasteiger partial charge is 0.262 e. The van der Waals surface area contributed by atoms with Crippen LogP contribution >= 0.6 is 0 Å². The average molecular weight is 166 g/mol. The molecule has 0 atom stereocenters. The molecule has 1 N–H and O–H groups in total. The van der Waals surface area contributed by atoms with Gasteiger partial charge >= 0.3 is 0 Å². The number of carbonyl (C=O) groups is 1. The van der Waals surface area contributed by atoms with Gasteiger partial charge in [-0.15, -0.1) is 0 Å². The lowest BCUT2D eigenvalue weighted by Crippen LogP contribution is -2.25. The molecule has 1 radical (unpaired) electrons. The van der Waals surface area contributed by atoms with Gasteiger partial charge in [-0.3, -0.25) is 4.79 Å². The number of halogens is 1. The van der Waals surface area contributed by atoms with Crippen molar-refractivity contribution in [2.45, 2.75) is 0 Å². The van der Waals surface area contributed by atoms with Crippen LogP contribution in [0.2, 0.25) is 0 Å². The summed E-state index contributed by atoms with van der Waals surface area (Å²) >= 11 is 0. The Balaban J connectivity index is 2.43. The number of rotatable bonds is 0. The Kier molecular flexibility index (Phi) is 1.46. The lowest BCUT2D eigenvalue weighted by atomic mass is 10.2. The molecule has 12 heavy (non-hydrogen) atoms. The molecule has 1 aliphatic heterocycles. The maximum Gasteiger partial charge on any atom is 0.262 e. The molecule has 1 aromatic carbocycles. The zero-order valence-corrected chi connectivity index (χ0v) is 6.06. The Morgan fingerprint density at radius 1 is 1.67 bits per heavy atom. The van der Waals surface area contributed by atoms with Gasteiger partial charge in [0.05, 0.1) is 5.69 Å². The summed E-state index contributed by atoms with van der Waals surface area (Å²) in [7, 11) is 0. The fourth-order valence-corrected chi connectivity index (χ4v) is 0.993. The monoisotopic (exact) mass is 166 g/mol. The number of fused-ring (bicyclic) bond motifs is 1. The fraction of sp³-hybridized carbons (Fsp3) is 0.125. The largest absolute Gasteiger partial charge is 0.481 e. The van der Waals surface area contributed by atoms with Gasteiger partial charge in [-0.05, 0) is 6.07 Å². The third-order valence-electron chi connectivity index (χ3n) is 1.51. The molecule has 4 heteroatoms. The third kappa shape index (κ3) is 1.11. The van der Waals surface area contributed by atoms with Gasteiger partial charge in [-0.1, -0.05) is 0 Å². The van der Waals surface area contributed by atoms with E-state index in [9.17, 15) is 9.18 Å². The second-order valence-corrected chi connectivity index (χ2v) is 2.40. The van der Waals surface area contributed by atoms with E-state index in [0.717, 1.165) is 0 Å². The van der Waals surface area contributed by atoms with E-state index in [0.29, 0.717) is 11.4 Å². The lowest BCUT2D eigenvalue weighted by molar-refractivity contribution is -0.118. The number of ether oxygens (including phenoxy) is 1. The van der Waals surface area contributed by atoms with Crippen LogP contribution in [0.15, 0.2) is 12.1 Å². The second-order valence-electron chi connectivity index (χ2n) is 2.40. The maximum absolute atomic E-state index is 12.5. The summed E-state index contributed by atoms with van der Waals surface area (Å²) in [6.07, 6.45) is 0. The standard InChI is InChI=1S/C8H5FNO2/c9-5-1-2-6-7(3-5)12-4-8(11)10-6/h2-3H,4H2,(H,10,11). The summed E-state index contributed by atoms with van der Waals surface area (Å²) in [6, 6.07) is 4.86.